The third-order valence-corrected chi connectivity index (χ3v) is 7.63. The summed E-state index contributed by atoms with van der Waals surface area (Å²) in [5, 5.41) is 21.7. The van der Waals surface area contributed by atoms with Crippen molar-refractivity contribution in [3.8, 4) is 16.6 Å². The number of nitrogens with one attached hydrogen (secondary N) is 1. The van der Waals surface area contributed by atoms with Gasteiger partial charge in [-0.15, -0.1) is 21.5 Å². The number of carbonyl (C=O) groups is 1. The van der Waals surface area contributed by atoms with Gasteiger partial charge < -0.3 is 0 Å². The Morgan fingerprint density at radius 1 is 1.19 bits per heavy atom. The number of hydrogen-bond donors (Lipinski definition) is 1. The molecule has 4 aromatic rings. The molecule has 0 atom stereocenters. The van der Waals surface area contributed by atoms with Crippen LogP contribution in [0.15, 0.2) is 52.9 Å². The molecule has 4 rings (SSSR count). The van der Waals surface area contributed by atoms with Gasteiger partial charge in [0.25, 0.3) is 5.91 Å². The van der Waals surface area contributed by atoms with E-state index in [-0.39, 0.29) is 5.91 Å². The van der Waals surface area contributed by atoms with Gasteiger partial charge >= 0.3 is 0 Å². The maximum absolute atomic E-state index is 12.7. The van der Waals surface area contributed by atoms with Crippen molar-refractivity contribution in [1.29, 1.82) is 5.26 Å². The molecule has 10 heteroatoms. The summed E-state index contributed by atoms with van der Waals surface area (Å²) in [5.41, 5.74) is 3.24. The van der Waals surface area contributed by atoms with E-state index in [0.29, 0.717) is 32.0 Å². The number of thioether (sulfide) groups is 1. The average molecular weight is 484 g/mol. The fourth-order valence-electron chi connectivity index (χ4n) is 2.65. The van der Waals surface area contributed by atoms with E-state index in [1.807, 2.05) is 30.3 Å². The van der Waals surface area contributed by atoms with Crippen LogP contribution in [0.25, 0.3) is 10.6 Å². The molecule has 0 aliphatic rings. The zero-order valence-corrected chi connectivity index (χ0v) is 19.3. The Kier molecular flexibility index (Phi) is 6.63. The van der Waals surface area contributed by atoms with Gasteiger partial charge in [0.05, 0.1) is 17.3 Å². The molecule has 1 N–H and O–H groups in total. The van der Waals surface area contributed by atoms with Gasteiger partial charge in [-0.1, -0.05) is 59.0 Å². The molecule has 0 spiro atoms. The molecule has 2 aromatic carbocycles. The molecule has 0 radical (unpaired) electrons. The highest BCUT2D eigenvalue weighted by atomic mass is 35.5. The molecule has 0 aliphatic carbocycles. The zero-order valence-electron chi connectivity index (χ0n) is 16.1. The Morgan fingerprint density at radius 2 is 2.00 bits per heavy atom. The summed E-state index contributed by atoms with van der Waals surface area (Å²) < 4.78 is 0.750. The monoisotopic (exact) mass is 483 g/mol. The number of benzene rings is 2. The highest BCUT2D eigenvalue weighted by Gasteiger charge is 2.18. The lowest BCUT2D eigenvalue weighted by molar-refractivity contribution is 0.102. The number of nitrogens with zero attached hydrogens (tertiary/aromatic N) is 4. The molecular formula is C21H14ClN5OS3. The van der Waals surface area contributed by atoms with Gasteiger partial charge in [0, 0.05) is 16.3 Å². The van der Waals surface area contributed by atoms with Gasteiger partial charge in [0.1, 0.15) is 9.88 Å². The molecule has 0 saturated heterocycles. The van der Waals surface area contributed by atoms with Crippen LogP contribution in [-0.2, 0) is 5.75 Å². The van der Waals surface area contributed by atoms with E-state index in [9.17, 15) is 4.79 Å². The molecule has 2 aromatic heterocycles. The van der Waals surface area contributed by atoms with Gasteiger partial charge in [-0.2, -0.15) is 5.26 Å². The van der Waals surface area contributed by atoms with Crippen molar-refractivity contribution < 1.29 is 4.79 Å². The van der Waals surface area contributed by atoms with Crippen LogP contribution >= 0.6 is 46.0 Å². The Labute approximate surface area is 196 Å². The highest BCUT2D eigenvalue weighted by molar-refractivity contribution is 8.00. The Balaban J connectivity index is 1.40. The number of thiazole rings is 1. The Hall–Kier alpha value is -2.77. The summed E-state index contributed by atoms with van der Waals surface area (Å²) in [4.78, 5) is 17.8. The zero-order chi connectivity index (χ0) is 21.8. The smallest absolute Gasteiger partial charge is 0.269 e. The lowest BCUT2D eigenvalue weighted by atomic mass is 10.2. The first-order chi connectivity index (χ1) is 15.0. The van der Waals surface area contributed by atoms with Crippen molar-refractivity contribution in [2.24, 2.45) is 0 Å². The van der Waals surface area contributed by atoms with E-state index in [4.69, 9.17) is 16.9 Å². The molecule has 0 unspecified atom stereocenters. The fraction of sp³-hybridized carbons (Fsp3) is 0.0952. The predicted octanol–water partition coefficient (Wildman–Crippen LogP) is 6.04. The molecule has 154 valence electrons. The van der Waals surface area contributed by atoms with Crippen LogP contribution in [0.5, 0.6) is 0 Å². The van der Waals surface area contributed by atoms with Crippen molar-refractivity contribution in [1.82, 2.24) is 15.2 Å². The molecule has 0 fully saturated rings. The maximum atomic E-state index is 12.7. The van der Waals surface area contributed by atoms with Gasteiger partial charge in [0.2, 0.25) is 5.13 Å². The number of hydrogen-bond acceptors (Lipinski definition) is 8. The number of nitriles is 1. The lowest BCUT2D eigenvalue weighted by Crippen LogP contribution is -2.11. The molecule has 2 heterocycles. The number of aryl methyl sites for hydroxylation is 1. The largest absolute Gasteiger partial charge is 0.296 e. The highest BCUT2D eigenvalue weighted by Crippen LogP contribution is 2.32. The summed E-state index contributed by atoms with van der Waals surface area (Å²) in [6.07, 6.45) is 0. The summed E-state index contributed by atoms with van der Waals surface area (Å²) in [5.74, 6) is 0.439. The van der Waals surface area contributed by atoms with E-state index < -0.39 is 0 Å². The predicted molar refractivity (Wildman–Crippen MR) is 126 cm³/mol. The van der Waals surface area contributed by atoms with Crippen LogP contribution in [0.4, 0.5) is 5.13 Å². The van der Waals surface area contributed by atoms with E-state index in [0.717, 1.165) is 20.5 Å². The standard InChI is InChI=1S/C21H14ClN5OS3/c1-12-17(30-19(24-12)15-3-2-4-16(22)9-15)18(28)25-20-26-27-21(31-20)29-11-14-7-5-13(10-23)6-8-14/h2-9H,11H2,1H3,(H,25,26,28). The number of anilines is 1. The second-order valence-electron chi connectivity index (χ2n) is 6.37. The molecule has 0 aliphatic heterocycles. The maximum Gasteiger partial charge on any atom is 0.269 e. The first kappa shape index (κ1) is 21.5. The van der Waals surface area contributed by atoms with E-state index in [1.54, 1.807) is 25.1 Å². The van der Waals surface area contributed by atoms with Gasteiger partial charge in [-0.3, -0.25) is 10.1 Å². The van der Waals surface area contributed by atoms with Gasteiger partial charge in [-0.05, 0) is 36.8 Å². The van der Waals surface area contributed by atoms with Crippen LogP contribution < -0.4 is 5.32 Å². The van der Waals surface area contributed by atoms with Crippen molar-refractivity contribution in [3.05, 3.63) is 75.3 Å². The molecule has 31 heavy (non-hydrogen) atoms. The van der Waals surface area contributed by atoms with E-state index in [2.05, 4.69) is 26.6 Å². The summed E-state index contributed by atoms with van der Waals surface area (Å²) >= 11 is 10.2. The first-order valence-electron chi connectivity index (χ1n) is 9.02. The quantitative estimate of drug-likeness (QED) is 0.265. The van der Waals surface area contributed by atoms with Crippen LogP contribution in [0.1, 0.15) is 26.5 Å². The SMILES string of the molecule is Cc1nc(-c2cccc(Cl)c2)sc1C(=O)Nc1nnc(SCc2ccc(C#N)cc2)s1. The second-order valence-corrected chi connectivity index (χ2v) is 10.0. The number of halogens is 1. The van der Waals surface area contributed by atoms with Gasteiger partial charge in [0.15, 0.2) is 4.34 Å². The summed E-state index contributed by atoms with van der Waals surface area (Å²) in [6, 6.07) is 16.9. The topological polar surface area (TPSA) is 91.6 Å². The minimum Gasteiger partial charge on any atom is -0.296 e. The molecule has 0 bridgehead atoms. The average Bonchev–Trinajstić information content (AvgIpc) is 3.39. The van der Waals surface area contributed by atoms with Crippen LogP contribution in [0.2, 0.25) is 5.02 Å². The molecular weight excluding hydrogens is 470 g/mol. The number of rotatable bonds is 6. The molecule has 0 saturated carbocycles. The lowest BCUT2D eigenvalue weighted by Gasteiger charge is -1.99. The number of aromatic nitrogens is 3. The third kappa shape index (κ3) is 5.29. The van der Waals surface area contributed by atoms with Crippen molar-refractivity contribution in [2.45, 2.75) is 17.0 Å². The van der Waals surface area contributed by atoms with Crippen LogP contribution in [-0.4, -0.2) is 21.1 Å². The molecule has 6 nitrogen and oxygen atoms in total. The minimum atomic E-state index is -0.261. The normalized spacial score (nSPS) is 10.6. The second kappa shape index (κ2) is 9.58. The van der Waals surface area contributed by atoms with Crippen molar-refractivity contribution in [2.75, 3.05) is 5.32 Å². The minimum absolute atomic E-state index is 0.261. The van der Waals surface area contributed by atoms with Crippen LogP contribution in [0, 0.1) is 18.3 Å². The molecule has 1 amide bonds. The third-order valence-electron chi connectivity index (χ3n) is 4.15. The van der Waals surface area contributed by atoms with E-state index >= 15 is 0 Å². The first-order valence-corrected chi connectivity index (χ1v) is 12.0. The summed E-state index contributed by atoms with van der Waals surface area (Å²) in [7, 11) is 0. The summed E-state index contributed by atoms with van der Waals surface area (Å²) in [6.45, 7) is 1.80. The van der Waals surface area contributed by atoms with E-state index in [1.165, 1.54) is 34.4 Å². The van der Waals surface area contributed by atoms with Crippen molar-refractivity contribution in [3.63, 3.8) is 0 Å². The number of amides is 1. The van der Waals surface area contributed by atoms with Gasteiger partial charge in [-0.25, -0.2) is 4.98 Å². The van der Waals surface area contributed by atoms with Crippen LogP contribution in [0.3, 0.4) is 0 Å². The fourth-order valence-corrected chi connectivity index (χ4v) is 5.50. The number of carbonyl (C=O) groups excluding carboxylic acids is 1. The van der Waals surface area contributed by atoms with Crippen molar-refractivity contribution >= 4 is 57.1 Å². The Morgan fingerprint density at radius 3 is 2.74 bits per heavy atom. The Bertz CT molecular complexity index is 1280.